The lowest BCUT2D eigenvalue weighted by molar-refractivity contribution is 0.164. The number of rotatable bonds is 3. The van der Waals surface area contributed by atoms with Gasteiger partial charge in [0.15, 0.2) is 0 Å². The Morgan fingerprint density at radius 1 is 1.44 bits per heavy atom. The quantitative estimate of drug-likeness (QED) is 0.819. The second kappa shape index (κ2) is 4.74. The van der Waals surface area contributed by atoms with Gasteiger partial charge in [-0.2, -0.15) is 0 Å². The highest BCUT2D eigenvalue weighted by Crippen LogP contribution is 2.34. The molecule has 1 aliphatic rings. The molecule has 3 nitrogen and oxygen atoms in total. The van der Waals surface area contributed by atoms with Crippen molar-refractivity contribution in [3.8, 4) is 5.75 Å². The summed E-state index contributed by atoms with van der Waals surface area (Å²) in [5.41, 5.74) is 2.32. The van der Waals surface area contributed by atoms with Gasteiger partial charge < -0.3 is 15.4 Å². The second-order valence-electron chi connectivity index (χ2n) is 4.43. The van der Waals surface area contributed by atoms with E-state index in [2.05, 4.69) is 42.7 Å². The van der Waals surface area contributed by atoms with E-state index in [1.165, 1.54) is 5.56 Å². The molecule has 2 rings (SSSR count). The summed E-state index contributed by atoms with van der Waals surface area (Å²) in [5, 5.41) is 6.67. The molecule has 0 aromatic heterocycles. The van der Waals surface area contributed by atoms with Crippen LogP contribution in [0, 0.1) is 6.92 Å². The van der Waals surface area contributed by atoms with Gasteiger partial charge in [0.05, 0.1) is 11.7 Å². The number of benzene rings is 1. The van der Waals surface area contributed by atoms with Gasteiger partial charge in [-0.3, -0.25) is 0 Å². The van der Waals surface area contributed by atoms with Crippen LogP contribution in [0.2, 0.25) is 0 Å². The fraction of sp³-hybridized carbons (Fsp3) is 0.538. The average molecular weight is 220 g/mol. The number of fused-ring (bicyclic) bond motifs is 1. The zero-order valence-corrected chi connectivity index (χ0v) is 10.2. The lowest BCUT2D eigenvalue weighted by Crippen LogP contribution is -2.41. The van der Waals surface area contributed by atoms with E-state index in [4.69, 9.17) is 4.74 Å². The molecule has 1 aromatic carbocycles. The predicted octanol–water partition coefficient (Wildman–Crippen LogP) is 2.17. The van der Waals surface area contributed by atoms with Gasteiger partial charge >= 0.3 is 0 Å². The monoisotopic (exact) mass is 220 g/mol. The summed E-state index contributed by atoms with van der Waals surface area (Å²) in [6, 6.07) is 6.59. The summed E-state index contributed by atoms with van der Waals surface area (Å²) in [5.74, 6) is 1.02. The number of ether oxygens (including phenoxy) is 1. The number of hydrogen-bond donors (Lipinski definition) is 2. The zero-order chi connectivity index (χ0) is 11.5. The highest BCUT2D eigenvalue weighted by molar-refractivity contribution is 5.62. The maximum absolute atomic E-state index is 6.07. The molecule has 2 atom stereocenters. The van der Waals surface area contributed by atoms with Crippen LogP contribution in [0.5, 0.6) is 5.75 Å². The Morgan fingerprint density at radius 3 is 3.00 bits per heavy atom. The molecule has 0 spiro atoms. The molecule has 0 aliphatic carbocycles. The summed E-state index contributed by atoms with van der Waals surface area (Å²) in [7, 11) is 1.97. The van der Waals surface area contributed by atoms with Crippen molar-refractivity contribution in [1.29, 1.82) is 0 Å². The molecular formula is C13H20N2O. The summed E-state index contributed by atoms with van der Waals surface area (Å²) in [6.07, 6.45) is 1.28. The SMILES string of the molecule is CNCCC1Oc2c(C)cccc2NC1C. The Bertz CT molecular complexity index is 365. The Kier molecular flexibility index (Phi) is 3.34. The van der Waals surface area contributed by atoms with E-state index in [9.17, 15) is 0 Å². The van der Waals surface area contributed by atoms with E-state index >= 15 is 0 Å². The minimum Gasteiger partial charge on any atom is -0.486 e. The maximum atomic E-state index is 6.07. The largest absolute Gasteiger partial charge is 0.486 e. The van der Waals surface area contributed by atoms with Crippen molar-refractivity contribution in [2.75, 3.05) is 18.9 Å². The third-order valence-corrected chi connectivity index (χ3v) is 3.10. The first-order chi connectivity index (χ1) is 7.72. The molecule has 88 valence electrons. The van der Waals surface area contributed by atoms with Crippen LogP contribution in [0.3, 0.4) is 0 Å². The van der Waals surface area contributed by atoms with Crippen molar-refractivity contribution >= 4 is 5.69 Å². The second-order valence-corrected chi connectivity index (χ2v) is 4.43. The number of hydrogen-bond acceptors (Lipinski definition) is 3. The molecule has 16 heavy (non-hydrogen) atoms. The van der Waals surface area contributed by atoms with E-state index in [0.29, 0.717) is 6.04 Å². The summed E-state index contributed by atoms with van der Waals surface area (Å²) in [4.78, 5) is 0. The van der Waals surface area contributed by atoms with Crippen LogP contribution in [0.4, 0.5) is 5.69 Å². The molecule has 1 aromatic rings. The van der Waals surface area contributed by atoms with Crippen LogP contribution in [-0.2, 0) is 0 Å². The van der Waals surface area contributed by atoms with Crippen molar-refractivity contribution in [2.24, 2.45) is 0 Å². The van der Waals surface area contributed by atoms with Gasteiger partial charge in [-0.15, -0.1) is 0 Å². The molecule has 0 saturated heterocycles. The van der Waals surface area contributed by atoms with E-state index in [-0.39, 0.29) is 6.10 Å². The molecule has 1 heterocycles. The molecule has 0 amide bonds. The molecule has 3 heteroatoms. The fourth-order valence-corrected chi connectivity index (χ4v) is 2.11. The molecule has 0 saturated carbocycles. The van der Waals surface area contributed by atoms with Gasteiger partial charge in [-0.1, -0.05) is 12.1 Å². The van der Waals surface area contributed by atoms with Crippen LogP contribution in [0.15, 0.2) is 18.2 Å². The number of aryl methyl sites for hydroxylation is 1. The maximum Gasteiger partial charge on any atom is 0.145 e. The summed E-state index contributed by atoms with van der Waals surface area (Å²) in [6.45, 7) is 5.25. The van der Waals surface area contributed by atoms with E-state index in [0.717, 1.165) is 24.4 Å². The highest BCUT2D eigenvalue weighted by Gasteiger charge is 2.26. The van der Waals surface area contributed by atoms with Gasteiger partial charge in [0, 0.05) is 0 Å². The van der Waals surface area contributed by atoms with Crippen molar-refractivity contribution < 1.29 is 4.74 Å². The average Bonchev–Trinajstić information content (AvgIpc) is 2.27. The van der Waals surface area contributed by atoms with Crippen LogP contribution in [0.25, 0.3) is 0 Å². The van der Waals surface area contributed by atoms with E-state index in [1.54, 1.807) is 0 Å². The van der Waals surface area contributed by atoms with Crippen molar-refractivity contribution in [1.82, 2.24) is 5.32 Å². The van der Waals surface area contributed by atoms with Crippen LogP contribution < -0.4 is 15.4 Å². The lowest BCUT2D eigenvalue weighted by Gasteiger charge is -2.34. The van der Waals surface area contributed by atoms with Crippen LogP contribution in [0.1, 0.15) is 18.9 Å². The zero-order valence-electron chi connectivity index (χ0n) is 10.2. The fourth-order valence-electron chi connectivity index (χ4n) is 2.11. The Morgan fingerprint density at radius 2 is 2.25 bits per heavy atom. The number of para-hydroxylation sites is 1. The Hall–Kier alpha value is -1.22. The minimum absolute atomic E-state index is 0.251. The van der Waals surface area contributed by atoms with Gasteiger partial charge in [0.2, 0.25) is 0 Å². The number of nitrogens with one attached hydrogen (secondary N) is 2. The van der Waals surface area contributed by atoms with Gasteiger partial charge in [0.25, 0.3) is 0 Å². The smallest absolute Gasteiger partial charge is 0.145 e. The highest BCUT2D eigenvalue weighted by atomic mass is 16.5. The Labute approximate surface area is 97.2 Å². The van der Waals surface area contributed by atoms with Crippen LogP contribution >= 0.6 is 0 Å². The van der Waals surface area contributed by atoms with Crippen LogP contribution in [-0.4, -0.2) is 25.7 Å². The molecule has 2 N–H and O–H groups in total. The van der Waals surface area contributed by atoms with Gasteiger partial charge in [-0.25, -0.2) is 0 Å². The van der Waals surface area contributed by atoms with Crippen molar-refractivity contribution in [2.45, 2.75) is 32.4 Å². The normalized spacial score (nSPS) is 23.2. The van der Waals surface area contributed by atoms with Crippen molar-refractivity contribution in [3.05, 3.63) is 23.8 Å². The number of anilines is 1. The van der Waals surface area contributed by atoms with E-state index in [1.807, 2.05) is 7.05 Å². The predicted molar refractivity (Wildman–Crippen MR) is 67.2 cm³/mol. The summed E-state index contributed by atoms with van der Waals surface area (Å²) >= 11 is 0. The molecule has 0 fully saturated rings. The molecule has 0 bridgehead atoms. The van der Waals surface area contributed by atoms with Crippen molar-refractivity contribution in [3.63, 3.8) is 0 Å². The molecule has 2 unspecified atom stereocenters. The molecule has 1 aliphatic heterocycles. The molecule has 0 radical (unpaired) electrons. The Balaban J connectivity index is 2.16. The lowest BCUT2D eigenvalue weighted by atomic mass is 10.0. The van der Waals surface area contributed by atoms with E-state index < -0.39 is 0 Å². The third kappa shape index (κ3) is 2.14. The third-order valence-electron chi connectivity index (χ3n) is 3.10. The minimum atomic E-state index is 0.251. The topological polar surface area (TPSA) is 33.3 Å². The summed E-state index contributed by atoms with van der Waals surface area (Å²) < 4.78 is 6.07. The first-order valence-corrected chi connectivity index (χ1v) is 5.90. The van der Waals surface area contributed by atoms with Gasteiger partial charge in [-0.05, 0) is 45.5 Å². The first kappa shape index (κ1) is 11.3. The molecular weight excluding hydrogens is 200 g/mol. The first-order valence-electron chi connectivity index (χ1n) is 5.90. The van der Waals surface area contributed by atoms with Gasteiger partial charge in [0.1, 0.15) is 11.9 Å². The standard InChI is InChI=1S/C13H20N2O/c1-9-5-4-6-11-13(9)16-12(7-8-14-3)10(2)15-11/h4-6,10,12,14-15H,7-8H2,1-3H3.